The molecule has 0 saturated carbocycles. The highest BCUT2D eigenvalue weighted by Crippen LogP contribution is 2.15. The number of amides is 1. The molecule has 0 aromatic heterocycles. The van der Waals surface area contributed by atoms with Gasteiger partial charge in [-0.1, -0.05) is 19.1 Å². The number of benzene rings is 1. The van der Waals surface area contributed by atoms with Crippen molar-refractivity contribution in [2.75, 3.05) is 0 Å². The van der Waals surface area contributed by atoms with Gasteiger partial charge in [0, 0.05) is 6.04 Å². The molecule has 1 aromatic rings. The quantitative estimate of drug-likeness (QED) is 0.779. The second kappa shape index (κ2) is 6.25. The third kappa shape index (κ3) is 4.44. The highest BCUT2D eigenvalue weighted by Gasteiger charge is 2.10. The first-order chi connectivity index (χ1) is 8.02. The van der Waals surface area contributed by atoms with E-state index >= 15 is 0 Å². The van der Waals surface area contributed by atoms with E-state index in [9.17, 15) is 4.79 Å². The van der Waals surface area contributed by atoms with E-state index in [1.165, 1.54) is 5.56 Å². The molecule has 4 nitrogen and oxygen atoms in total. The molecule has 0 heterocycles. The van der Waals surface area contributed by atoms with Crippen LogP contribution in [0.15, 0.2) is 24.3 Å². The molecule has 1 aromatic carbocycles. The number of carbonyl (C=O) groups excluding carboxylic acids is 1. The van der Waals surface area contributed by atoms with E-state index in [1.807, 2.05) is 24.3 Å². The number of primary amides is 1. The first kappa shape index (κ1) is 13.5. The standard InChI is InChI=1S/C13H20N2O2/c1-3-11(14)8-10-4-6-12(7-5-10)17-9(2)13(15)16/h4-7,9,11H,3,8,14H2,1-2H3,(H2,15,16). The number of hydrogen-bond donors (Lipinski definition) is 2. The summed E-state index contributed by atoms with van der Waals surface area (Å²) in [5.41, 5.74) is 12.2. The lowest BCUT2D eigenvalue weighted by Crippen LogP contribution is -2.30. The first-order valence-corrected chi connectivity index (χ1v) is 5.83. The van der Waals surface area contributed by atoms with Gasteiger partial charge in [-0.2, -0.15) is 0 Å². The van der Waals surface area contributed by atoms with E-state index in [-0.39, 0.29) is 6.04 Å². The Labute approximate surface area is 102 Å². The predicted molar refractivity (Wildman–Crippen MR) is 67.7 cm³/mol. The maximum atomic E-state index is 10.8. The van der Waals surface area contributed by atoms with Gasteiger partial charge in [-0.25, -0.2) is 0 Å². The lowest BCUT2D eigenvalue weighted by molar-refractivity contribution is -0.123. The van der Waals surface area contributed by atoms with Crippen LogP contribution in [0.5, 0.6) is 5.75 Å². The fourth-order valence-electron chi connectivity index (χ4n) is 1.41. The summed E-state index contributed by atoms with van der Waals surface area (Å²) in [6.07, 6.45) is 1.19. The second-order valence-corrected chi connectivity index (χ2v) is 4.18. The van der Waals surface area contributed by atoms with Crippen molar-refractivity contribution < 1.29 is 9.53 Å². The third-order valence-electron chi connectivity index (χ3n) is 2.66. The van der Waals surface area contributed by atoms with Crippen LogP contribution in [0.2, 0.25) is 0 Å². The summed E-state index contributed by atoms with van der Waals surface area (Å²) in [4.78, 5) is 10.8. The molecule has 2 unspecified atom stereocenters. The van der Waals surface area contributed by atoms with Gasteiger partial charge in [0.05, 0.1) is 0 Å². The number of hydrogen-bond acceptors (Lipinski definition) is 3. The van der Waals surface area contributed by atoms with E-state index in [0.29, 0.717) is 5.75 Å². The van der Waals surface area contributed by atoms with Gasteiger partial charge in [-0.05, 0) is 37.5 Å². The van der Waals surface area contributed by atoms with Gasteiger partial charge >= 0.3 is 0 Å². The van der Waals surface area contributed by atoms with E-state index in [4.69, 9.17) is 16.2 Å². The normalized spacial score (nSPS) is 14.1. The molecular formula is C13H20N2O2. The van der Waals surface area contributed by atoms with Gasteiger partial charge in [0.25, 0.3) is 5.91 Å². The molecule has 4 N–H and O–H groups in total. The fraction of sp³-hybridized carbons (Fsp3) is 0.462. The van der Waals surface area contributed by atoms with Crippen molar-refractivity contribution in [3.05, 3.63) is 29.8 Å². The third-order valence-corrected chi connectivity index (χ3v) is 2.66. The van der Waals surface area contributed by atoms with E-state index in [0.717, 1.165) is 12.8 Å². The topological polar surface area (TPSA) is 78.3 Å². The van der Waals surface area contributed by atoms with E-state index < -0.39 is 12.0 Å². The Morgan fingerprint density at radius 3 is 2.41 bits per heavy atom. The zero-order chi connectivity index (χ0) is 12.8. The van der Waals surface area contributed by atoms with Crippen LogP contribution >= 0.6 is 0 Å². The summed E-state index contributed by atoms with van der Waals surface area (Å²) in [6, 6.07) is 7.76. The second-order valence-electron chi connectivity index (χ2n) is 4.18. The van der Waals surface area contributed by atoms with Crippen molar-refractivity contribution in [2.24, 2.45) is 11.5 Å². The van der Waals surface area contributed by atoms with Gasteiger partial charge in [-0.15, -0.1) is 0 Å². The Hall–Kier alpha value is -1.55. The van der Waals surface area contributed by atoms with Crippen molar-refractivity contribution >= 4 is 5.91 Å². The molecule has 17 heavy (non-hydrogen) atoms. The molecule has 1 amide bonds. The van der Waals surface area contributed by atoms with E-state index in [1.54, 1.807) is 6.92 Å². The fourth-order valence-corrected chi connectivity index (χ4v) is 1.41. The van der Waals surface area contributed by atoms with Crippen molar-refractivity contribution in [2.45, 2.75) is 38.8 Å². The van der Waals surface area contributed by atoms with Crippen LogP contribution < -0.4 is 16.2 Å². The zero-order valence-electron chi connectivity index (χ0n) is 10.3. The molecule has 1 rings (SSSR count). The minimum atomic E-state index is -0.612. The van der Waals surface area contributed by atoms with Crippen LogP contribution in [0, 0.1) is 0 Å². The number of rotatable bonds is 6. The van der Waals surface area contributed by atoms with Crippen LogP contribution in [0.1, 0.15) is 25.8 Å². The van der Waals surface area contributed by atoms with E-state index in [2.05, 4.69) is 6.92 Å². The number of nitrogens with two attached hydrogens (primary N) is 2. The molecule has 2 atom stereocenters. The van der Waals surface area contributed by atoms with Crippen molar-refractivity contribution in [1.29, 1.82) is 0 Å². The van der Waals surface area contributed by atoms with Gasteiger partial charge < -0.3 is 16.2 Å². The largest absolute Gasteiger partial charge is 0.481 e. The molecule has 0 radical (unpaired) electrons. The minimum absolute atomic E-state index is 0.186. The monoisotopic (exact) mass is 236 g/mol. The molecule has 0 bridgehead atoms. The van der Waals surface area contributed by atoms with Gasteiger partial charge in [-0.3, -0.25) is 4.79 Å². The van der Waals surface area contributed by atoms with Crippen molar-refractivity contribution in [3.63, 3.8) is 0 Å². The predicted octanol–water partition coefficient (Wildman–Crippen LogP) is 1.22. The van der Waals surface area contributed by atoms with Crippen molar-refractivity contribution in [3.8, 4) is 5.75 Å². The summed E-state index contributed by atoms with van der Waals surface area (Å²) < 4.78 is 5.36. The lowest BCUT2D eigenvalue weighted by Gasteiger charge is -2.12. The number of ether oxygens (including phenoxy) is 1. The maximum absolute atomic E-state index is 10.8. The Morgan fingerprint density at radius 1 is 1.35 bits per heavy atom. The highest BCUT2D eigenvalue weighted by atomic mass is 16.5. The molecule has 0 aliphatic heterocycles. The Balaban J connectivity index is 2.58. The Morgan fingerprint density at radius 2 is 1.94 bits per heavy atom. The maximum Gasteiger partial charge on any atom is 0.258 e. The first-order valence-electron chi connectivity index (χ1n) is 5.83. The highest BCUT2D eigenvalue weighted by molar-refractivity contribution is 5.78. The van der Waals surface area contributed by atoms with Crippen LogP contribution in [-0.4, -0.2) is 18.1 Å². The molecule has 0 fully saturated rings. The Bertz CT molecular complexity index is 362. The molecule has 0 aliphatic carbocycles. The van der Waals surface area contributed by atoms with Gasteiger partial charge in [0.1, 0.15) is 5.75 Å². The average Bonchev–Trinajstić information content (AvgIpc) is 2.31. The molecule has 0 saturated heterocycles. The van der Waals surface area contributed by atoms with Crippen LogP contribution in [0.4, 0.5) is 0 Å². The summed E-state index contributed by atoms with van der Waals surface area (Å²) in [5, 5.41) is 0. The summed E-state index contributed by atoms with van der Waals surface area (Å²) >= 11 is 0. The number of carbonyl (C=O) groups is 1. The van der Waals surface area contributed by atoms with Crippen LogP contribution in [-0.2, 0) is 11.2 Å². The smallest absolute Gasteiger partial charge is 0.258 e. The van der Waals surface area contributed by atoms with Gasteiger partial charge in [0.15, 0.2) is 6.10 Å². The SMILES string of the molecule is CCC(N)Cc1ccc(OC(C)C(N)=O)cc1. The lowest BCUT2D eigenvalue weighted by atomic mass is 10.0. The molecular weight excluding hydrogens is 216 g/mol. The molecule has 4 heteroatoms. The summed E-state index contributed by atoms with van der Waals surface area (Å²) in [6.45, 7) is 3.69. The summed E-state index contributed by atoms with van der Waals surface area (Å²) in [5.74, 6) is 0.173. The van der Waals surface area contributed by atoms with Crippen molar-refractivity contribution in [1.82, 2.24) is 0 Å². The van der Waals surface area contributed by atoms with Crippen LogP contribution in [0.25, 0.3) is 0 Å². The van der Waals surface area contributed by atoms with Crippen LogP contribution in [0.3, 0.4) is 0 Å². The minimum Gasteiger partial charge on any atom is -0.481 e. The Kier molecular flexibility index (Phi) is 4.97. The molecule has 0 spiro atoms. The molecule has 0 aliphatic rings. The average molecular weight is 236 g/mol. The van der Waals surface area contributed by atoms with Gasteiger partial charge in [0.2, 0.25) is 0 Å². The zero-order valence-corrected chi connectivity index (χ0v) is 10.3. The summed E-state index contributed by atoms with van der Waals surface area (Å²) in [7, 11) is 0. The molecule has 94 valence electrons.